The Morgan fingerprint density at radius 3 is 2.11 bits per heavy atom. The van der Waals surface area contributed by atoms with Gasteiger partial charge in [0.25, 0.3) is 0 Å². The predicted molar refractivity (Wildman–Crippen MR) is 67.8 cm³/mol. The van der Waals surface area contributed by atoms with E-state index in [1.807, 2.05) is 0 Å². The lowest BCUT2D eigenvalue weighted by Gasteiger charge is -2.24. The summed E-state index contributed by atoms with van der Waals surface area (Å²) in [5, 5.41) is 23.4. The van der Waals surface area contributed by atoms with Gasteiger partial charge in [-0.2, -0.15) is 0 Å². The van der Waals surface area contributed by atoms with Gasteiger partial charge in [0.05, 0.1) is 6.61 Å². The second-order valence-corrected chi connectivity index (χ2v) is 5.82. The number of amides is 2. The van der Waals surface area contributed by atoms with Gasteiger partial charge < -0.3 is 20.8 Å². The molecule has 6 nitrogen and oxygen atoms in total. The molecule has 0 saturated carbocycles. The number of nitrogens with one attached hydrogen (secondary N) is 2. The molecule has 2 amide bonds. The molecule has 0 aromatic heterocycles. The highest BCUT2D eigenvalue weighted by Gasteiger charge is 2.26. The van der Waals surface area contributed by atoms with Gasteiger partial charge >= 0.3 is 0 Å². The molecule has 18 heavy (non-hydrogen) atoms. The van der Waals surface area contributed by atoms with Gasteiger partial charge in [-0.25, -0.2) is 0 Å². The van der Waals surface area contributed by atoms with Crippen LogP contribution in [0.1, 0.15) is 34.6 Å². The Morgan fingerprint density at radius 2 is 1.72 bits per heavy atom. The van der Waals surface area contributed by atoms with Crippen molar-refractivity contribution in [1.82, 2.24) is 10.6 Å². The Balaban J connectivity index is 4.25. The lowest BCUT2D eigenvalue weighted by molar-refractivity contribution is -0.133. The molecule has 0 aliphatic rings. The quantitative estimate of drug-likeness (QED) is 0.530. The molecule has 0 fully saturated rings. The van der Waals surface area contributed by atoms with Crippen LogP contribution >= 0.6 is 0 Å². The van der Waals surface area contributed by atoms with E-state index in [2.05, 4.69) is 10.6 Å². The van der Waals surface area contributed by atoms with Crippen LogP contribution in [0.4, 0.5) is 0 Å². The minimum atomic E-state index is -1.36. The zero-order chi connectivity index (χ0) is 14.6. The van der Waals surface area contributed by atoms with Gasteiger partial charge in [-0.15, -0.1) is 0 Å². The van der Waals surface area contributed by atoms with Gasteiger partial charge in [0, 0.05) is 12.0 Å². The topological polar surface area (TPSA) is 98.7 Å². The van der Waals surface area contributed by atoms with E-state index in [1.54, 1.807) is 27.7 Å². The predicted octanol–water partition coefficient (Wildman–Crippen LogP) is -0.603. The lowest BCUT2D eigenvalue weighted by Crippen LogP contribution is -2.51. The summed E-state index contributed by atoms with van der Waals surface area (Å²) < 4.78 is 0. The molecule has 4 N–H and O–H groups in total. The Morgan fingerprint density at radius 1 is 1.22 bits per heavy atom. The second kappa shape index (κ2) is 6.15. The zero-order valence-electron chi connectivity index (χ0n) is 11.7. The fraction of sp³-hybridized carbons (Fsp3) is 0.833. The highest BCUT2D eigenvalue weighted by molar-refractivity contribution is 5.89. The molecule has 2 unspecified atom stereocenters. The van der Waals surface area contributed by atoms with Gasteiger partial charge in [0.1, 0.15) is 11.6 Å². The van der Waals surface area contributed by atoms with Crippen LogP contribution in [0.5, 0.6) is 0 Å². The third-order valence-corrected chi connectivity index (χ3v) is 2.41. The monoisotopic (exact) mass is 260 g/mol. The molecule has 2 atom stereocenters. The van der Waals surface area contributed by atoms with E-state index in [9.17, 15) is 14.7 Å². The minimum Gasteiger partial charge on any atom is -0.393 e. The van der Waals surface area contributed by atoms with E-state index in [4.69, 9.17) is 5.11 Å². The van der Waals surface area contributed by atoms with E-state index >= 15 is 0 Å². The maximum absolute atomic E-state index is 11.7. The average Bonchev–Trinajstić information content (AvgIpc) is 2.24. The van der Waals surface area contributed by atoms with Crippen LogP contribution < -0.4 is 10.6 Å². The van der Waals surface area contributed by atoms with Crippen LogP contribution in [-0.4, -0.2) is 46.8 Å². The molecule has 0 aliphatic carbocycles. The SMILES string of the molecule is CC(NC(=O)C(C)(C)C)C(=O)NCC(C)(O)CO. The van der Waals surface area contributed by atoms with Crippen LogP contribution in [0.3, 0.4) is 0 Å². The largest absolute Gasteiger partial charge is 0.393 e. The molecule has 0 saturated heterocycles. The molecular formula is C12H24N2O4. The molecule has 0 heterocycles. The minimum absolute atomic E-state index is 0.0714. The fourth-order valence-electron chi connectivity index (χ4n) is 0.965. The standard InChI is InChI=1S/C12H24N2O4/c1-8(14-10(17)11(2,3)4)9(16)13-6-12(5,18)7-15/h8,15,18H,6-7H2,1-5H3,(H,13,16)(H,14,17). The molecule has 0 radical (unpaired) electrons. The van der Waals surface area contributed by atoms with E-state index in [0.717, 1.165) is 0 Å². The van der Waals surface area contributed by atoms with Crippen molar-refractivity contribution in [2.24, 2.45) is 5.41 Å². The Hall–Kier alpha value is -1.14. The highest BCUT2D eigenvalue weighted by atomic mass is 16.3. The van der Waals surface area contributed by atoms with E-state index in [1.165, 1.54) is 6.92 Å². The number of carbonyl (C=O) groups excluding carboxylic acids is 2. The average molecular weight is 260 g/mol. The summed E-state index contributed by atoms with van der Waals surface area (Å²) in [6.07, 6.45) is 0. The highest BCUT2D eigenvalue weighted by Crippen LogP contribution is 2.12. The molecule has 0 aromatic rings. The first-order valence-electron chi connectivity index (χ1n) is 5.91. The first-order chi connectivity index (χ1) is 7.99. The van der Waals surface area contributed by atoms with Crippen molar-refractivity contribution in [3.8, 4) is 0 Å². The maximum Gasteiger partial charge on any atom is 0.242 e. The maximum atomic E-state index is 11.7. The molecule has 0 spiro atoms. The smallest absolute Gasteiger partial charge is 0.242 e. The first-order valence-corrected chi connectivity index (χ1v) is 5.91. The van der Waals surface area contributed by atoms with Gasteiger partial charge in [-0.05, 0) is 13.8 Å². The molecule has 0 bridgehead atoms. The number of rotatable bonds is 5. The molecule has 6 heteroatoms. The normalized spacial score (nSPS) is 16.6. The van der Waals surface area contributed by atoms with Crippen LogP contribution in [-0.2, 0) is 9.59 Å². The van der Waals surface area contributed by atoms with Crippen molar-refractivity contribution >= 4 is 11.8 Å². The first kappa shape index (κ1) is 16.9. The summed E-state index contributed by atoms with van der Waals surface area (Å²) in [4.78, 5) is 23.3. The molecular weight excluding hydrogens is 236 g/mol. The van der Waals surface area contributed by atoms with E-state index in [0.29, 0.717) is 0 Å². The number of carbonyl (C=O) groups is 2. The van der Waals surface area contributed by atoms with E-state index < -0.39 is 29.6 Å². The molecule has 0 rings (SSSR count). The molecule has 0 aromatic carbocycles. The molecule has 106 valence electrons. The Kier molecular flexibility index (Phi) is 5.76. The summed E-state index contributed by atoms with van der Waals surface area (Å²) in [5.74, 6) is -0.625. The van der Waals surface area contributed by atoms with Crippen molar-refractivity contribution in [3.05, 3.63) is 0 Å². The van der Waals surface area contributed by atoms with Crippen molar-refractivity contribution in [3.63, 3.8) is 0 Å². The second-order valence-electron chi connectivity index (χ2n) is 5.82. The van der Waals surface area contributed by atoms with Gasteiger partial charge in [0.15, 0.2) is 0 Å². The van der Waals surface area contributed by atoms with Crippen molar-refractivity contribution in [1.29, 1.82) is 0 Å². The van der Waals surface area contributed by atoms with Gasteiger partial charge in [-0.3, -0.25) is 9.59 Å². The van der Waals surface area contributed by atoms with Crippen LogP contribution in [0.15, 0.2) is 0 Å². The summed E-state index contributed by atoms with van der Waals surface area (Å²) in [5.41, 5.74) is -1.92. The fourth-order valence-corrected chi connectivity index (χ4v) is 0.965. The van der Waals surface area contributed by atoms with Crippen molar-refractivity contribution in [2.75, 3.05) is 13.2 Å². The van der Waals surface area contributed by atoms with Crippen LogP contribution in [0.25, 0.3) is 0 Å². The van der Waals surface area contributed by atoms with Crippen LogP contribution in [0.2, 0.25) is 0 Å². The van der Waals surface area contributed by atoms with Crippen LogP contribution in [0, 0.1) is 5.41 Å². The van der Waals surface area contributed by atoms with E-state index in [-0.39, 0.29) is 12.5 Å². The van der Waals surface area contributed by atoms with Crippen molar-refractivity contribution in [2.45, 2.75) is 46.3 Å². The third kappa shape index (κ3) is 5.97. The van der Waals surface area contributed by atoms with Gasteiger partial charge in [0.2, 0.25) is 11.8 Å². The summed E-state index contributed by atoms with van der Waals surface area (Å²) in [7, 11) is 0. The van der Waals surface area contributed by atoms with Crippen molar-refractivity contribution < 1.29 is 19.8 Å². The third-order valence-electron chi connectivity index (χ3n) is 2.41. The summed E-state index contributed by atoms with van der Waals surface area (Å²) >= 11 is 0. The lowest BCUT2D eigenvalue weighted by atomic mass is 9.95. The molecule has 0 aliphatic heterocycles. The van der Waals surface area contributed by atoms with Gasteiger partial charge in [-0.1, -0.05) is 20.8 Å². The number of hydrogen-bond donors (Lipinski definition) is 4. The number of aliphatic hydroxyl groups is 2. The zero-order valence-corrected chi connectivity index (χ0v) is 11.7. The summed E-state index contributed by atoms with van der Waals surface area (Å²) in [6.45, 7) is 7.71. The number of hydrogen-bond acceptors (Lipinski definition) is 4. The Bertz CT molecular complexity index is 308. The summed E-state index contributed by atoms with van der Waals surface area (Å²) in [6, 6.07) is -0.689. The number of aliphatic hydroxyl groups excluding tert-OH is 1. The Labute approximate surface area is 108 Å².